The highest BCUT2D eigenvalue weighted by Gasteiger charge is 2.10. The van der Waals surface area contributed by atoms with E-state index in [9.17, 15) is 9.59 Å². The van der Waals surface area contributed by atoms with Crippen molar-refractivity contribution >= 4 is 28.9 Å². The van der Waals surface area contributed by atoms with Gasteiger partial charge in [0.15, 0.2) is 0 Å². The second kappa shape index (κ2) is 9.60. The maximum Gasteiger partial charge on any atom is 0.255 e. The van der Waals surface area contributed by atoms with Crippen molar-refractivity contribution in [1.82, 2.24) is 0 Å². The summed E-state index contributed by atoms with van der Waals surface area (Å²) in [4.78, 5) is 24.7. The lowest BCUT2D eigenvalue weighted by molar-refractivity contribution is -0.114. The predicted molar refractivity (Wildman–Crippen MR) is 120 cm³/mol. The summed E-state index contributed by atoms with van der Waals surface area (Å²) in [6.07, 6.45) is 0. The van der Waals surface area contributed by atoms with Crippen molar-refractivity contribution < 1.29 is 14.3 Å². The second-order valence-corrected chi connectivity index (χ2v) is 6.95. The van der Waals surface area contributed by atoms with E-state index < -0.39 is 0 Å². The van der Waals surface area contributed by atoms with Gasteiger partial charge in [-0.2, -0.15) is 0 Å². The Morgan fingerprint density at radius 1 is 0.867 bits per heavy atom. The third kappa shape index (κ3) is 5.38. The monoisotopic (exact) mass is 403 g/mol. The molecule has 0 heterocycles. The highest BCUT2D eigenvalue weighted by molar-refractivity contribution is 6.05. The maximum absolute atomic E-state index is 12.5. The number of carbonyl (C=O) groups excluding carboxylic acids is 2. The molecule has 3 rings (SSSR count). The van der Waals surface area contributed by atoms with E-state index in [-0.39, 0.29) is 18.4 Å². The number of ether oxygens (including phenoxy) is 1. The number of aryl methyl sites for hydroxylation is 2. The summed E-state index contributed by atoms with van der Waals surface area (Å²) in [6, 6.07) is 20.0. The van der Waals surface area contributed by atoms with E-state index in [1.54, 1.807) is 43.5 Å². The lowest BCUT2D eigenvalue weighted by atomic mass is 10.1. The van der Waals surface area contributed by atoms with Gasteiger partial charge in [0.1, 0.15) is 5.75 Å². The van der Waals surface area contributed by atoms with Crippen LogP contribution in [0.1, 0.15) is 21.5 Å². The molecule has 0 saturated carbocycles. The van der Waals surface area contributed by atoms with Crippen molar-refractivity contribution in [2.75, 3.05) is 29.6 Å². The van der Waals surface area contributed by atoms with Crippen LogP contribution in [0.25, 0.3) is 0 Å². The Balaban J connectivity index is 1.56. The zero-order valence-electron chi connectivity index (χ0n) is 17.3. The molecular weight excluding hydrogens is 378 g/mol. The lowest BCUT2D eigenvalue weighted by Gasteiger charge is -2.12. The van der Waals surface area contributed by atoms with Crippen LogP contribution in [0.2, 0.25) is 0 Å². The Morgan fingerprint density at radius 2 is 1.60 bits per heavy atom. The van der Waals surface area contributed by atoms with Crippen LogP contribution < -0.4 is 20.7 Å². The van der Waals surface area contributed by atoms with Crippen LogP contribution in [-0.2, 0) is 4.79 Å². The summed E-state index contributed by atoms with van der Waals surface area (Å²) in [7, 11) is 1.55. The molecule has 2 amide bonds. The fourth-order valence-electron chi connectivity index (χ4n) is 2.95. The minimum absolute atomic E-state index is 0.153. The van der Waals surface area contributed by atoms with Crippen LogP contribution in [0.15, 0.2) is 66.7 Å². The second-order valence-electron chi connectivity index (χ2n) is 6.95. The molecule has 154 valence electrons. The Labute approximate surface area is 176 Å². The summed E-state index contributed by atoms with van der Waals surface area (Å²) in [5, 5.41) is 8.81. The van der Waals surface area contributed by atoms with E-state index in [0.29, 0.717) is 22.7 Å². The molecule has 0 atom stereocenters. The molecule has 6 nitrogen and oxygen atoms in total. The van der Waals surface area contributed by atoms with Crippen LogP contribution in [0.4, 0.5) is 17.1 Å². The summed E-state index contributed by atoms with van der Waals surface area (Å²) in [5.74, 6) is 0.169. The predicted octanol–water partition coefficient (Wildman–Crippen LogP) is 4.61. The molecule has 0 radical (unpaired) electrons. The number of anilines is 3. The first-order chi connectivity index (χ1) is 14.5. The van der Waals surface area contributed by atoms with Gasteiger partial charge in [0.2, 0.25) is 5.91 Å². The van der Waals surface area contributed by atoms with Crippen LogP contribution in [0, 0.1) is 13.8 Å². The fourth-order valence-corrected chi connectivity index (χ4v) is 2.95. The molecule has 0 aliphatic heterocycles. The van der Waals surface area contributed by atoms with Gasteiger partial charge in [-0.1, -0.05) is 24.3 Å². The van der Waals surface area contributed by atoms with Gasteiger partial charge in [0.25, 0.3) is 5.91 Å². The van der Waals surface area contributed by atoms with Crippen molar-refractivity contribution in [2.24, 2.45) is 0 Å². The molecule has 0 aliphatic rings. The number of rotatable bonds is 7. The highest BCUT2D eigenvalue weighted by Crippen LogP contribution is 2.24. The summed E-state index contributed by atoms with van der Waals surface area (Å²) in [6.45, 7) is 4.16. The molecule has 0 saturated heterocycles. The Kier molecular flexibility index (Phi) is 6.70. The number of carbonyl (C=O) groups is 2. The summed E-state index contributed by atoms with van der Waals surface area (Å²) in [5.41, 5.74) is 4.85. The number of para-hydroxylation sites is 2. The average Bonchev–Trinajstić information content (AvgIpc) is 2.75. The minimum atomic E-state index is -0.256. The molecule has 0 fully saturated rings. The number of nitrogens with one attached hydrogen (secondary N) is 3. The molecule has 0 spiro atoms. The SMILES string of the molecule is COc1ccccc1NC(=O)c1ccc(NC(=O)CNc2cc(C)ccc2C)cc1. The first kappa shape index (κ1) is 20.9. The van der Waals surface area contributed by atoms with Gasteiger partial charge in [0, 0.05) is 16.9 Å². The Hall–Kier alpha value is -3.80. The van der Waals surface area contributed by atoms with Crippen molar-refractivity contribution in [2.45, 2.75) is 13.8 Å². The van der Waals surface area contributed by atoms with Gasteiger partial charge in [-0.05, 0) is 67.4 Å². The molecule has 3 aromatic carbocycles. The number of amides is 2. The molecule has 3 N–H and O–H groups in total. The third-order valence-electron chi connectivity index (χ3n) is 4.62. The number of benzene rings is 3. The van der Waals surface area contributed by atoms with E-state index in [4.69, 9.17) is 4.74 Å². The lowest BCUT2D eigenvalue weighted by Crippen LogP contribution is -2.22. The van der Waals surface area contributed by atoms with E-state index in [1.165, 1.54) is 0 Å². The van der Waals surface area contributed by atoms with Crippen LogP contribution in [0.3, 0.4) is 0 Å². The van der Waals surface area contributed by atoms with Crippen molar-refractivity contribution in [1.29, 1.82) is 0 Å². The van der Waals surface area contributed by atoms with Gasteiger partial charge in [0.05, 0.1) is 19.3 Å². The van der Waals surface area contributed by atoms with Gasteiger partial charge >= 0.3 is 0 Å². The summed E-state index contributed by atoms with van der Waals surface area (Å²) >= 11 is 0. The zero-order valence-corrected chi connectivity index (χ0v) is 17.3. The minimum Gasteiger partial charge on any atom is -0.495 e. The van der Waals surface area contributed by atoms with E-state index in [0.717, 1.165) is 16.8 Å². The molecule has 0 aliphatic carbocycles. The average molecular weight is 403 g/mol. The summed E-state index contributed by atoms with van der Waals surface area (Å²) < 4.78 is 5.25. The van der Waals surface area contributed by atoms with E-state index >= 15 is 0 Å². The molecule has 6 heteroatoms. The highest BCUT2D eigenvalue weighted by atomic mass is 16.5. The third-order valence-corrected chi connectivity index (χ3v) is 4.62. The molecule has 0 unspecified atom stereocenters. The quantitative estimate of drug-likeness (QED) is 0.538. The fraction of sp³-hybridized carbons (Fsp3) is 0.167. The van der Waals surface area contributed by atoms with Gasteiger partial charge < -0.3 is 20.7 Å². The van der Waals surface area contributed by atoms with E-state index in [2.05, 4.69) is 16.0 Å². The topological polar surface area (TPSA) is 79.5 Å². The Morgan fingerprint density at radius 3 is 2.33 bits per heavy atom. The van der Waals surface area contributed by atoms with Crippen LogP contribution >= 0.6 is 0 Å². The molecule has 3 aromatic rings. The smallest absolute Gasteiger partial charge is 0.255 e. The van der Waals surface area contributed by atoms with E-state index in [1.807, 2.05) is 44.2 Å². The zero-order chi connectivity index (χ0) is 21.5. The van der Waals surface area contributed by atoms with Gasteiger partial charge in [-0.3, -0.25) is 9.59 Å². The van der Waals surface area contributed by atoms with Crippen LogP contribution in [0.5, 0.6) is 5.75 Å². The largest absolute Gasteiger partial charge is 0.495 e. The number of methoxy groups -OCH3 is 1. The Bertz CT molecular complexity index is 1050. The maximum atomic E-state index is 12.5. The first-order valence-corrected chi connectivity index (χ1v) is 9.61. The molecule has 0 bridgehead atoms. The van der Waals surface area contributed by atoms with Crippen LogP contribution in [-0.4, -0.2) is 25.5 Å². The molecule has 0 aromatic heterocycles. The van der Waals surface area contributed by atoms with Crippen molar-refractivity contribution in [3.05, 3.63) is 83.4 Å². The normalized spacial score (nSPS) is 10.2. The molecular formula is C24H25N3O3. The number of hydrogen-bond acceptors (Lipinski definition) is 4. The number of hydrogen-bond donors (Lipinski definition) is 3. The van der Waals surface area contributed by atoms with Crippen molar-refractivity contribution in [3.8, 4) is 5.75 Å². The van der Waals surface area contributed by atoms with Gasteiger partial charge in [-0.25, -0.2) is 0 Å². The standard InChI is InChI=1S/C24H25N3O3/c1-16-8-9-17(2)21(14-16)25-15-23(28)26-19-12-10-18(11-13-19)24(29)27-20-6-4-5-7-22(20)30-3/h4-14,25H,15H2,1-3H3,(H,26,28)(H,27,29). The van der Waals surface area contributed by atoms with Gasteiger partial charge in [-0.15, -0.1) is 0 Å². The van der Waals surface area contributed by atoms with Crippen molar-refractivity contribution in [3.63, 3.8) is 0 Å². The molecule has 30 heavy (non-hydrogen) atoms. The first-order valence-electron chi connectivity index (χ1n) is 9.61.